The number of benzene rings is 1. The molecule has 0 bridgehead atoms. The van der Waals surface area contributed by atoms with E-state index in [1.807, 2.05) is 6.92 Å². The molecule has 0 atom stereocenters. The Morgan fingerprint density at radius 1 is 1.19 bits per heavy atom. The van der Waals surface area contributed by atoms with Crippen LogP contribution in [-0.2, 0) is 14.6 Å². The van der Waals surface area contributed by atoms with Crippen molar-refractivity contribution in [2.75, 3.05) is 69.4 Å². The van der Waals surface area contributed by atoms with Gasteiger partial charge in [-0.05, 0) is 31.2 Å². The number of hydrogen-bond acceptors (Lipinski definition) is 5. The van der Waals surface area contributed by atoms with E-state index in [4.69, 9.17) is 4.74 Å². The fraction of sp³-hybridized carbons (Fsp3) is 0.611. The molecule has 1 aromatic carbocycles. The van der Waals surface area contributed by atoms with Crippen molar-refractivity contribution >= 4 is 21.5 Å². The predicted molar refractivity (Wildman–Crippen MR) is 107 cm³/mol. The number of ether oxygens (including phenoxy) is 1. The molecule has 1 aliphatic heterocycles. The quantitative estimate of drug-likeness (QED) is 0.398. The van der Waals surface area contributed by atoms with Gasteiger partial charge in [-0.2, -0.15) is 0 Å². The molecule has 1 N–H and O–H groups in total. The Morgan fingerprint density at radius 2 is 1.85 bits per heavy atom. The molecule has 27 heavy (non-hydrogen) atoms. The summed E-state index contributed by atoms with van der Waals surface area (Å²) in [5.41, 5.74) is 1.03. The van der Waals surface area contributed by atoms with E-state index in [2.05, 4.69) is 20.1 Å². The van der Waals surface area contributed by atoms with Gasteiger partial charge in [0.2, 0.25) is 0 Å². The summed E-state index contributed by atoms with van der Waals surface area (Å²) in [5, 5.41) is 3.29. The van der Waals surface area contributed by atoms with Crippen molar-refractivity contribution in [3.63, 3.8) is 0 Å². The second-order valence-electron chi connectivity index (χ2n) is 6.43. The number of hydrogen-bond donors (Lipinski definition) is 1. The number of sulfone groups is 1. The number of nitrogens with zero attached hydrogens (tertiary/aromatic N) is 3. The van der Waals surface area contributed by atoms with Gasteiger partial charge < -0.3 is 19.9 Å². The maximum Gasteiger partial charge on any atom is 0.194 e. The molecule has 0 spiro atoms. The average Bonchev–Trinajstić information content (AvgIpc) is 2.63. The SMILES string of the molecule is CCNC(=NCCOCCS(C)(=O)=O)N1CCN(c2ccc(F)cc2)CC1. The van der Waals surface area contributed by atoms with E-state index in [1.165, 1.54) is 18.4 Å². The van der Waals surface area contributed by atoms with Crippen LogP contribution in [0.3, 0.4) is 0 Å². The second kappa shape index (κ2) is 10.5. The number of aliphatic imine (C=N–C) groups is 1. The Labute approximate surface area is 161 Å². The predicted octanol–water partition coefficient (Wildman–Crippen LogP) is 0.974. The highest BCUT2D eigenvalue weighted by molar-refractivity contribution is 7.90. The Bertz CT molecular complexity index is 702. The minimum atomic E-state index is -2.99. The van der Waals surface area contributed by atoms with Crippen LogP contribution in [0.2, 0.25) is 0 Å². The molecule has 7 nitrogen and oxygen atoms in total. The highest BCUT2D eigenvalue weighted by atomic mass is 32.2. The van der Waals surface area contributed by atoms with Gasteiger partial charge in [0.15, 0.2) is 5.96 Å². The van der Waals surface area contributed by atoms with Crippen molar-refractivity contribution in [2.45, 2.75) is 6.92 Å². The molecule has 1 saturated heterocycles. The van der Waals surface area contributed by atoms with Crippen molar-refractivity contribution < 1.29 is 17.5 Å². The van der Waals surface area contributed by atoms with Gasteiger partial charge in [0.25, 0.3) is 0 Å². The fourth-order valence-electron chi connectivity index (χ4n) is 2.78. The van der Waals surface area contributed by atoms with Crippen LogP contribution in [0, 0.1) is 5.82 Å². The lowest BCUT2D eigenvalue weighted by Crippen LogP contribution is -2.52. The third-order valence-corrected chi connectivity index (χ3v) is 5.11. The van der Waals surface area contributed by atoms with Gasteiger partial charge in [-0.1, -0.05) is 0 Å². The van der Waals surface area contributed by atoms with Crippen molar-refractivity contribution in [2.24, 2.45) is 4.99 Å². The van der Waals surface area contributed by atoms with E-state index in [-0.39, 0.29) is 18.2 Å². The number of guanidine groups is 1. The van der Waals surface area contributed by atoms with Gasteiger partial charge in [-0.15, -0.1) is 0 Å². The summed E-state index contributed by atoms with van der Waals surface area (Å²) in [4.78, 5) is 8.99. The monoisotopic (exact) mass is 400 g/mol. The van der Waals surface area contributed by atoms with Crippen molar-refractivity contribution in [3.8, 4) is 0 Å². The zero-order valence-corrected chi connectivity index (χ0v) is 16.8. The Balaban J connectivity index is 1.80. The van der Waals surface area contributed by atoms with Crippen LogP contribution in [0.25, 0.3) is 0 Å². The highest BCUT2D eigenvalue weighted by Crippen LogP contribution is 2.16. The molecule has 9 heteroatoms. The van der Waals surface area contributed by atoms with E-state index in [1.54, 1.807) is 12.1 Å². The lowest BCUT2D eigenvalue weighted by atomic mass is 10.2. The molecule has 2 rings (SSSR count). The summed E-state index contributed by atoms with van der Waals surface area (Å²) in [7, 11) is -2.99. The van der Waals surface area contributed by atoms with Gasteiger partial charge >= 0.3 is 0 Å². The summed E-state index contributed by atoms with van der Waals surface area (Å²) in [6.45, 7) is 7.16. The van der Waals surface area contributed by atoms with Crippen LogP contribution in [-0.4, -0.2) is 83.8 Å². The van der Waals surface area contributed by atoms with E-state index in [0.29, 0.717) is 13.2 Å². The standard InChI is InChI=1S/C18H29FN4O3S/c1-3-20-18(21-8-13-26-14-15-27(2,24)25)23-11-9-22(10-12-23)17-6-4-16(19)5-7-17/h4-7H,3,8-15H2,1-2H3,(H,20,21). The molecule has 0 unspecified atom stereocenters. The third-order valence-electron chi connectivity index (χ3n) is 4.20. The zero-order valence-electron chi connectivity index (χ0n) is 16.0. The normalized spacial score (nSPS) is 15.9. The summed E-state index contributed by atoms with van der Waals surface area (Å²) < 4.78 is 40.5. The third kappa shape index (κ3) is 7.72. The Morgan fingerprint density at radius 3 is 2.44 bits per heavy atom. The number of anilines is 1. The second-order valence-corrected chi connectivity index (χ2v) is 8.69. The minimum absolute atomic E-state index is 0.0299. The van der Waals surface area contributed by atoms with Crippen molar-refractivity contribution in [1.82, 2.24) is 10.2 Å². The molecular formula is C18H29FN4O3S. The molecule has 0 saturated carbocycles. The minimum Gasteiger partial charge on any atom is -0.378 e. The van der Waals surface area contributed by atoms with Crippen LogP contribution in [0.4, 0.5) is 10.1 Å². The lowest BCUT2D eigenvalue weighted by molar-refractivity contribution is 0.157. The van der Waals surface area contributed by atoms with E-state index in [9.17, 15) is 12.8 Å². The topological polar surface area (TPSA) is 74.2 Å². The first kappa shape index (κ1) is 21.4. The zero-order chi connectivity index (χ0) is 19.7. The van der Waals surface area contributed by atoms with Gasteiger partial charge in [0.05, 0.1) is 25.5 Å². The molecule has 1 aliphatic rings. The summed E-state index contributed by atoms with van der Waals surface area (Å²) in [6, 6.07) is 6.57. The molecule has 1 heterocycles. The molecule has 0 aliphatic carbocycles. The largest absolute Gasteiger partial charge is 0.378 e. The van der Waals surface area contributed by atoms with Gasteiger partial charge in [-0.25, -0.2) is 12.8 Å². The first-order valence-corrected chi connectivity index (χ1v) is 11.2. The fourth-order valence-corrected chi connectivity index (χ4v) is 3.20. The molecule has 0 aromatic heterocycles. The van der Waals surface area contributed by atoms with Crippen LogP contribution >= 0.6 is 0 Å². The molecule has 1 fully saturated rings. The summed E-state index contributed by atoms with van der Waals surface area (Å²) in [5.74, 6) is 0.642. The van der Waals surface area contributed by atoms with Crippen molar-refractivity contribution in [1.29, 1.82) is 0 Å². The van der Waals surface area contributed by atoms with Gasteiger partial charge in [0, 0.05) is 44.7 Å². The average molecular weight is 401 g/mol. The smallest absolute Gasteiger partial charge is 0.194 e. The number of nitrogens with one attached hydrogen (secondary N) is 1. The van der Waals surface area contributed by atoms with E-state index in [0.717, 1.165) is 44.4 Å². The first-order chi connectivity index (χ1) is 12.9. The molecule has 152 valence electrons. The maximum atomic E-state index is 13.1. The Hall–Kier alpha value is -1.87. The summed E-state index contributed by atoms with van der Waals surface area (Å²) in [6.07, 6.45) is 1.20. The molecule has 0 radical (unpaired) electrons. The van der Waals surface area contributed by atoms with Gasteiger partial charge in [0.1, 0.15) is 15.7 Å². The maximum absolute atomic E-state index is 13.1. The van der Waals surface area contributed by atoms with Crippen LogP contribution in [0.1, 0.15) is 6.92 Å². The highest BCUT2D eigenvalue weighted by Gasteiger charge is 2.19. The number of rotatable bonds is 8. The number of halogens is 1. The molecule has 1 aromatic rings. The van der Waals surface area contributed by atoms with Crippen LogP contribution in [0.15, 0.2) is 29.3 Å². The molecule has 0 amide bonds. The van der Waals surface area contributed by atoms with Gasteiger partial charge in [-0.3, -0.25) is 4.99 Å². The molecular weight excluding hydrogens is 371 g/mol. The van der Waals surface area contributed by atoms with E-state index < -0.39 is 9.84 Å². The van der Waals surface area contributed by atoms with E-state index >= 15 is 0 Å². The lowest BCUT2D eigenvalue weighted by Gasteiger charge is -2.37. The van der Waals surface area contributed by atoms with Crippen LogP contribution < -0.4 is 10.2 Å². The summed E-state index contributed by atoms with van der Waals surface area (Å²) >= 11 is 0. The van der Waals surface area contributed by atoms with Crippen LogP contribution in [0.5, 0.6) is 0 Å². The van der Waals surface area contributed by atoms with Crippen molar-refractivity contribution in [3.05, 3.63) is 30.1 Å². The Kier molecular flexibility index (Phi) is 8.30. The number of piperazine rings is 1. The first-order valence-electron chi connectivity index (χ1n) is 9.18.